The monoisotopic (exact) mass is 385 g/mol. The minimum Gasteiger partial charge on any atom is -0.489 e. The van der Waals surface area contributed by atoms with Gasteiger partial charge in [-0.05, 0) is 42.0 Å². The number of rotatable bonds is 9. The summed E-state index contributed by atoms with van der Waals surface area (Å²) in [6.07, 6.45) is 1.56. The summed E-state index contributed by atoms with van der Waals surface area (Å²) in [5, 5.41) is 14.8. The molecule has 7 nitrogen and oxygen atoms in total. The zero-order valence-electron chi connectivity index (χ0n) is 14.9. The van der Waals surface area contributed by atoms with E-state index in [4.69, 9.17) is 21.1 Å². The van der Waals surface area contributed by atoms with Crippen LogP contribution in [0.25, 0.3) is 0 Å². The van der Waals surface area contributed by atoms with Gasteiger partial charge in [0, 0.05) is 24.4 Å². The number of halogens is 1. The van der Waals surface area contributed by atoms with Gasteiger partial charge in [-0.25, -0.2) is 0 Å². The number of hydrogen-bond donors (Lipinski definition) is 2. The highest BCUT2D eigenvalue weighted by molar-refractivity contribution is 6.30. The molecule has 0 aliphatic carbocycles. The molecule has 0 unspecified atom stereocenters. The summed E-state index contributed by atoms with van der Waals surface area (Å²) < 4.78 is 10.8. The molecule has 2 aromatic carbocycles. The van der Waals surface area contributed by atoms with E-state index in [0.29, 0.717) is 36.5 Å². The maximum atomic E-state index is 5.88. The van der Waals surface area contributed by atoms with Gasteiger partial charge in [-0.3, -0.25) is 0 Å². The standard InChI is InChI=1S/C19H20ClN5O2/c1-26-11-10-21-19-24-18(12-22-25-19)23-16-6-8-17(9-7-16)27-13-14-2-4-15(20)5-3-14/h2-9,12H,10-11,13H2,1H3,(H2,21,23,24,25). The fraction of sp³-hybridized carbons (Fsp3) is 0.211. The van der Waals surface area contributed by atoms with E-state index in [1.54, 1.807) is 13.3 Å². The molecule has 0 fully saturated rings. The van der Waals surface area contributed by atoms with Crippen molar-refractivity contribution < 1.29 is 9.47 Å². The van der Waals surface area contributed by atoms with Gasteiger partial charge in [-0.15, -0.1) is 5.10 Å². The molecular formula is C19H20ClN5O2. The molecule has 1 heterocycles. The van der Waals surface area contributed by atoms with E-state index in [1.165, 1.54) is 0 Å². The lowest BCUT2D eigenvalue weighted by Gasteiger charge is -2.09. The fourth-order valence-electron chi connectivity index (χ4n) is 2.23. The minimum absolute atomic E-state index is 0.444. The van der Waals surface area contributed by atoms with Crippen LogP contribution in [0.15, 0.2) is 54.7 Å². The minimum atomic E-state index is 0.444. The average molecular weight is 386 g/mol. The SMILES string of the molecule is COCCNc1nncc(Nc2ccc(OCc3ccc(Cl)cc3)cc2)n1. The molecule has 0 saturated carbocycles. The molecule has 1 aromatic heterocycles. The summed E-state index contributed by atoms with van der Waals surface area (Å²) in [6, 6.07) is 15.2. The molecule has 140 valence electrons. The van der Waals surface area contributed by atoms with Crippen molar-refractivity contribution in [1.29, 1.82) is 0 Å². The molecule has 0 atom stereocenters. The molecule has 0 aliphatic heterocycles. The number of hydrogen-bond acceptors (Lipinski definition) is 7. The number of nitrogens with one attached hydrogen (secondary N) is 2. The van der Waals surface area contributed by atoms with Crippen molar-refractivity contribution in [3.8, 4) is 5.75 Å². The first-order chi connectivity index (χ1) is 13.2. The van der Waals surface area contributed by atoms with Crippen molar-refractivity contribution in [3.63, 3.8) is 0 Å². The third-order valence-electron chi connectivity index (χ3n) is 3.59. The summed E-state index contributed by atoms with van der Waals surface area (Å²) in [5.41, 5.74) is 1.93. The van der Waals surface area contributed by atoms with Crippen LogP contribution in [0, 0.1) is 0 Å². The number of anilines is 3. The van der Waals surface area contributed by atoms with E-state index in [9.17, 15) is 0 Å². The zero-order valence-corrected chi connectivity index (χ0v) is 15.6. The Morgan fingerprint density at radius 1 is 1.04 bits per heavy atom. The lowest BCUT2D eigenvalue weighted by Crippen LogP contribution is -2.11. The summed E-state index contributed by atoms with van der Waals surface area (Å²) in [6.45, 7) is 1.66. The molecule has 3 rings (SSSR count). The van der Waals surface area contributed by atoms with Crippen LogP contribution in [0.5, 0.6) is 5.75 Å². The van der Waals surface area contributed by atoms with Gasteiger partial charge in [0.1, 0.15) is 12.4 Å². The molecule has 2 N–H and O–H groups in total. The van der Waals surface area contributed by atoms with E-state index in [-0.39, 0.29) is 0 Å². The molecule has 0 bridgehead atoms. The number of ether oxygens (including phenoxy) is 2. The van der Waals surface area contributed by atoms with E-state index in [0.717, 1.165) is 17.0 Å². The predicted molar refractivity (Wildman–Crippen MR) is 106 cm³/mol. The van der Waals surface area contributed by atoms with Crippen molar-refractivity contribution in [3.05, 3.63) is 65.3 Å². The highest BCUT2D eigenvalue weighted by Gasteiger charge is 2.02. The second kappa shape index (κ2) is 9.70. The first kappa shape index (κ1) is 18.9. The Hall–Kier alpha value is -2.90. The lowest BCUT2D eigenvalue weighted by atomic mass is 10.2. The molecule has 0 saturated heterocycles. The Bertz CT molecular complexity index is 843. The molecule has 8 heteroatoms. The largest absolute Gasteiger partial charge is 0.489 e. The lowest BCUT2D eigenvalue weighted by molar-refractivity contribution is 0.210. The Labute approximate surface area is 162 Å². The summed E-state index contributed by atoms with van der Waals surface area (Å²) in [7, 11) is 1.64. The van der Waals surface area contributed by atoms with Crippen LogP contribution in [0.1, 0.15) is 5.56 Å². The second-order valence-electron chi connectivity index (χ2n) is 5.65. The van der Waals surface area contributed by atoms with Crippen molar-refractivity contribution in [1.82, 2.24) is 15.2 Å². The normalized spacial score (nSPS) is 10.4. The van der Waals surface area contributed by atoms with Crippen LogP contribution >= 0.6 is 11.6 Å². The third kappa shape index (κ3) is 6.09. The molecule has 27 heavy (non-hydrogen) atoms. The van der Waals surface area contributed by atoms with Gasteiger partial charge >= 0.3 is 0 Å². The molecular weight excluding hydrogens is 366 g/mol. The zero-order chi connectivity index (χ0) is 18.9. The summed E-state index contributed by atoms with van der Waals surface area (Å²) in [4.78, 5) is 4.35. The Balaban J connectivity index is 1.54. The highest BCUT2D eigenvalue weighted by Crippen LogP contribution is 2.20. The Kier molecular flexibility index (Phi) is 6.78. The maximum Gasteiger partial charge on any atom is 0.244 e. The van der Waals surface area contributed by atoms with Crippen molar-refractivity contribution >= 4 is 29.1 Å². The van der Waals surface area contributed by atoms with Crippen molar-refractivity contribution in [2.45, 2.75) is 6.61 Å². The number of aromatic nitrogens is 3. The smallest absolute Gasteiger partial charge is 0.244 e. The molecule has 0 aliphatic rings. The van der Waals surface area contributed by atoms with Crippen LogP contribution < -0.4 is 15.4 Å². The van der Waals surface area contributed by atoms with Crippen LogP contribution in [0.2, 0.25) is 5.02 Å². The first-order valence-corrected chi connectivity index (χ1v) is 8.77. The quantitative estimate of drug-likeness (QED) is 0.540. The maximum absolute atomic E-state index is 5.88. The first-order valence-electron chi connectivity index (χ1n) is 8.40. The van der Waals surface area contributed by atoms with E-state index in [2.05, 4.69) is 25.8 Å². The average Bonchev–Trinajstić information content (AvgIpc) is 2.69. The van der Waals surface area contributed by atoms with Crippen molar-refractivity contribution in [2.75, 3.05) is 30.9 Å². The van der Waals surface area contributed by atoms with Gasteiger partial charge in [0.05, 0.1) is 12.8 Å². The molecule has 0 spiro atoms. The van der Waals surface area contributed by atoms with Gasteiger partial charge in [-0.1, -0.05) is 23.7 Å². The fourth-order valence-corrected chi connectivity index (χ4v) is 2.36. The van der Waals surface area contributed by atoms with Crippen molar-refractivity contribution in [2.24, 2.45) is 0 Å². The Morgan fingerprint density at radius 2 is 1.81 bits per heavy atom. The topological polar surface area (TPSA) is 81.2 Å². The van der Waals surface area contributed by atoms with E-state index < -0.39 is 0 Å². The summed E-state index contributed by atoms with van der Waals surface area (Å²) >= 11 is 5.88. The van der Waals surface area contributed by atoms with Crippen LogP contribution in [0.4, 0.5) is 17.5 Å². The predicted octanol–water partition coefficient (Wildman–Crippen LogP) is 3.91. The second-order valence-corrected chi connectivity index (χ2v) is 6.09. The number of nitrogens with zero attached hydrogens (tertiary/aromatic N) is 3. The van der Waals surface area contributed by atoms with Crippen LogP contribution in [0.3, 0.4) is 0 Å². The third-order valence-corrected chi connectivity index (χ3v) is 3.85. The molecule has 3 aromatic rings. The van der Waals surface area contributed by atoms with Crippen LogP contribution in [-0.4, -0.2) is 35.4 Å². The van der Waals surface area contributed by atoms with Gasteiger partial charge in [0.25, 0.3) is 0 Å². The van der Waals surface area contributed by atoms with E-state index in [1.807, 2.05) is 48.5 Å². The van der Waals surface area contributed by atoms with Gasteiger partial charge in [0.2, 0.25) is 5.95 Å². The molecule has 0 amide bonds. The van der Waals surface area contributed by atoms with E-state index >= 15 is 0 Å². The van der Waals surface area contributed by atoms with Gasteiger partial charge in [-0.2, -0.15) is 10.1 Å². The van der Waals surface area contributed by atoms with Crippen LogP contribution in [-0.2, 0) is 11.3 Å². The highest BCUT2D eigenvalue weighted by atomic mass is 35.5. The van der Waals surface area contributed by atoms with Gasteiger partial charge in [0.15, 0.2) is 5.82 Å². The summed E-state index contributed by atoms with van der Waals surface area (Å²) in [5.74, 6) is 1.82. The van der Waals surface area contributed by atoms with Gasteiger partial charge < -0.3 is 20.1 Å². The molecule has 0 radical (unpaired) electrons. The number of methoxy groups -OCH3 is 1. The Morgan fingerprint density at radius 3 is 2.56 bits per heavy atom. The number of benzene rings is 2.